The molecule has 1 unspecified atom stereocenters. The summed E-state index contributed by atoms with van der Waals surface area (Å²) in [6.07, 6.45) is 7.34. The van der Waals surface area contributed by atoms with Crippen LogP contribution in [0.15, 0.2) is 30.3 Å². The topological polar surface area (TPSA) is 35.8 Å². The zero-order valence-corrected chi connectivity index (χ0v) is 11.8. The average Bonchev–Trinajstić information content (AvgIpc) is 2.48. The van der Waals surface area contributed by atoms with Gasteiger partial charge in [-0.25, -0.2) is 0 Å². The second-order valence-corrected chi connectivity index (χ2v) is 5.68. The van der Waals surface area contributed by atoms with Crippen LogP contribution in [0.3, 0.4) is 0 Å². The molecule has 1 N–H and O–H groups in total. The molecule has 0 bridgehead atoms. The Morgan fingerprint density at radius 1 is 1.21 bits per heavy atom. The van der Waals surface area contributed by atoms with E-state index in [4.69, 9.17) is 5.26 Å². The monoisotopic (exact) mass is 256 g/mol. The van der Waals surface area contributed by atoms with Gasteiger partial charge in [-0.3, -0.25) is 0 Å². The van der Waals surface area contributed by atoms with E-state index in [1.54, 1.807) is 0 Å². The molecule has 0 saturated heterocycles. The van der Waals surface area contributed by atoms with Crippen LogP contribution < -0.4 is 5.32 Å². The zero-order valence-electron chi connectivity index (χ0n) is 11.8. The molecule has 2 atom stereocenters. The number of hydrogen-bond donors (Lipinski definition) is 1. The van der Waals surface area contributed by atoms with Gasteiger partial charge >= 0.3 is 0 Å². The van der Waals surface area contributed by atoms with Gasteiger partial charge in [0.2, 0.25) is 0 Å². The lowest BCUT2D eigenvalue weighted by molar-refractivity contribution is 0.265. The average molecular weight is 256 g/mol. The summed E-state index contributed by atoms with van der Waals surface area (Å²) in [7, 11) is 0. The molecule has 1 aliphatic rings. The molecule has 2 nitrogen and oxygen atoms in total. The maximum Gasteiger partial charge on any atom is 0.0641 e. The van der Waals surface area contributed by atoms with Crippen molar-refractivity contribution in [2.24, 2.45) is 5.92 Å². The summed E-state index contributed by atoms with van der Waals surface area (Å²) in [6.45, 7) is 2.28. The van der Waals surface area contributed by atoms with E-state index in [-0.39, 0.29) is 6.04 Å². The summed E-state index contributed by atoms with van der Waals surface area (Å²) in [4.78, 5) is 0. The summed E-state index contributed by atoms with van der Waals surface area (Å²) >= 11 is 0. The molecule has 0 amide bonds. The third-order valence-electron chi connectivity index (χ3n) is 4.32. The Bertz CT molecular complexity index is 401. The van der Waals surface area contributed by atoms with Gasteiger partial charge in [-0.1, -0.05) is 49.6 Å². The van der Waals surface area contributed by atoms with Crippen molar-refractivity contribution in [2.45, 2.75) is 57.5 Å². The quantitative estimate of drug-likeness (QED) is 0.857. The fourth-order valence-corrected chi connectivity index (χ4v) is 3.14. The molecule has 0 aliphatic heterocycles. The molecule has 2 heteroatoms. The van der Waals surface area contributed by atoms with Crippen LogP contribution in [0.5, 0.6) is 0 Å². The molecule has 102 valence electrons. The van der Waals surface area contributed by atoms with E-state index in [9.17, 15) is 0 Å². The Morgan fingerprint density at radius 2 is 1.89 bits per heavy atom. The van der Waals surface area contributed by atoms with Gasteiger partial charge in [0.15, 0.2) is 0 Å². The van der Waals surface area contributed by atoms with Crippen LogP contribution in [-0.4, -0.2) is 6.04 Å². The summed E-state index contributed by atoms with van der Waals surface area (Å²) < 4.78 is 0. The van der Waals surface area contributed by atoms with Gasteiger partial charge in [-0.2, -0.15) is 5.26 Å². The Hall–Kier alpha value is -1.33. The normalized spacial score (nSPS) is 19.6. The minimum Gasteiger partial charge on any atom is -0.306 e. The van der Waals surface area contributed by atoms with Gasteiger partial charge in [0.1, 0.15) is 0 Å². The maximum atomic E-state index is 9.03. The first-order valence-corrected chi connectivity index (χ1v) is 7.49. The van der Waals surface area contributed by atoms with E-state index < -0.39 is 0 Å². The highest BCUT2D eigenvalue weighted by atomic mass is 15.0. The maximum absolute atomic E-state index is 9.03. The summed E-state index contributed by atoms with van der Waals surface area (Å²) in [5, 5.41) is 12.7. The van der Waals surface area contributed by atoms with Gasteiger partial charge in [0.25, 0.3) is 0 Å². The number of nitriles is 1. The van der Waals surface area contributed by atoms with Crippen molar-refractivity contribution < 1.29 is 0 Å². The molecule has 19 heavy (non-hydrogen) atoms. The SMILES string of the molecule is C[C@H](NC(CC#N)c1ccccc1)C1CCCCC1. The summed E-state index contributed by atoms with van der Waals surface area (Å²) in [6, 6.07) is 13.3. The van der Waals surface area contributed by atoms with Crippen molar-refractivity contribution >= 4 is 0 Å². The molecule has 0 aromatic heterocycles. The Kier molecular flexibility index (Phi) is 5.42. The predicted molar refractivity (Wildman–Crippen MR) is 78.6 cm³/mol. The highest BCUT2D eigenvalue weighted by molar-refractivity contribution is 5.20. The van der Waals surface area contributed by atoms with Crippen LogP contribution in [-0.2, 0) is 0 Å². The largest absolute Gasteiger partial charge is 0.306 e. The number of rotatable bonds is 5. The first-order chi connectivity index (χ1) is 9.31. The molecule has 1 aromatic carbocycles. The number of nitrogens with zero attached hydrogens (tertiary/aromatic N) is 1. The van der Waals surface area contributed by atoms with E-state index in [1.165, 1.54) is 37.7 Å². The van der Waals surface area contributed by atoms with Crippen molar-refractivity contribution in [3.05, 3.63) is 35.9 Å². The van der Waals surface area contributed by atoms with E-state index in [0.717, 1.165) is 5.92 Å². The van der Waals surface area contributed by atoms with Crippen molar-refractivity contribution in [2.75, 3.05) is 0 Å². The van der Waals surface area contributed by atoms with Crippen LogP contribution in [0, 0.1) is 17.2 Å². The van der Waals surface area contributed by atoms with Gasteiger partial charge in [0.05, 0.1) is 12.5 Å². The minimum absolute atomic E-state index is 0.170. The highest BCUT2D eigenvalue weighted by Gasteiger charge is 2.22. The molecule has 0 spiro atoms. The lowest BCUT2D eigenvalue weighted by Crippen LogP contribution is -2.37. The van der Waals surface area contributed by atoms with Gasteiger partial charge in [-0.15, -0.1) is 0 Å². The first-order valence-electron chi connectivity index (χ1n) is 7.49. The van der Waals surface area contributed by atoms with E-state index in [2.05, 4.69) is 30.4 Å². The molecule has 0 heterocycles. The van der Waals surface area contributed by atoms with Gasteiger partial charge in [0, 0.05) is 12.1 Å². The number of hydrogen-bond acceptors (Lipinski definition) is 2. The van der Waals surface area contributed by atoms with Crippen LogP contribution >= 0.6 is 0 Å². The molecule has 1 aliphatic carbocycles. The van der Waals surface area contributed by atoms with Crippen molar-refractivity contribution in [3.8, 4) is 6.07 Å². The van der Waals surface area contributed by atoms with Crippen molar-refractivity contribution in [1.82, 2.24) is 5.32 Å². The highest BCUT2D eigenvalue weighted by Crippen LogP contribution is 2.28. The van der Waals surface area contributed by atoms with Crippen molar-refractivity contribution in [3.63, 3.8) is 0 Å². The van der Waals surface area contributed by atoms with Gasteiger partial charge < -0.3 is 5.32 Å². The van der Waals surface area contributed by atoms with E-state index >= 15 is 0 Å². The fourth-order valence-electron chi connectivity index (χ4n) is 3.14. The smallest absolute Gasteiger partial charge is 0.0641 e. The van der Waals surface area contributed by atoms with E-state index in [0.29, 0.717) is 12.5 Å². The molecule has 2 rings (SSSR count). The third-order valence-corrected chi connectivity index (χ3v) is 4.32. The summed E-state index contributed by atoms with van der Waals surface area (Å²) in [5.74, 6) is 0.777. The Labute approximate surface area is 116 Å². The first kappa shape index (κ1) is 14.1. The minimum atomic E-state index is 0.170. The van der Waals surface area contributed by atoms with Crippen LogP contribution in [0.1, 0.15) is 57.1 Å². The molecular weight excluding hydrogens is 232 g/mol. The van der Waals surface area contributed by atoms with Crippen LogP contribution in [0.4, 0.5) is 0 Å². The van der Waals surface area contributed by atoms with Gasteiger partial charge in [-0.05, 0) is 31.2 Å². The lowest BCUT2D eigenvalue weighted by atomic mass is 9.84. The third kappa shape index (κ3) is 4.08. The lowest BCUT2D eigenvalue weighted by Gasteiger charge is -2.31. The molecule has 0 radical (unpaired) electrons. The Morgan fingerprint density at radius 3 is 2.53 bits per heavy atom. The molecule has 1 fully saturated rings. The number of nitrogens with one attached hydrogen (secondary N) is 1. The second kappa shape index (κ2) is 7.31. The standard InChI is InChI=1S/C17H24N2/c1-14(15-8-4-2-5-9-15)19-17(12-13-18)16-10-6-3-7-11-16/h3,6-7,10-11,14-15,17,19H,2,4-5,8-9,12H2,1H3/t14-,17?/m0/s1. The summed E-state index contributed by atoms with van der Waals surface area (Å²) in [5.41, 5.74) is 1.23. The second-order valence-electron chi connectivity index (χ2n) is 5.68. The molecule has 1 aromatic rings. The van der Waals surface area contributed by atoms with Crippen LogP contribution in [0.2, 0.25) is 0 Å². The predicted octanol–water partition coefficient (Wildman–Crippen LogP) is 4.20. The van der Waals surface area contributed by atoms with Crippen molar-refractivity contribution in [1.29, 1.82) is 5.26 Å². The zero-order chi connectivity index (χ0) is 13.5. The Balaban J connectivity index is 1.98. The van der Waals surface area contributed by atoms with E-state index in [1.807, 2.05) is 18.2 Å². The fraction of sp³-hybridized carbons (Fsp3) is 0.588. The molecular formula is C17H24N2. The van der Waals surface area contributed by atoms with Crippen LogP contribution in [0.25, 0.3) is 0 Å². The number of benzene rings is 1. The molecule has 1 saturated carbocycles.